The molecule has 1 unspecified atom stereocenters. The first-order chi connectivity index (χ1) is 7.79. The number of thioether (sulfide) groups is 1. The Morgan fingerprint density at radius 2 is 2.44 bits per heavy atom. The molecule has 0 aromatic carbocycles. The average Bonchev–Trinajstić information content (AvgIpc) is 2.76. The van der Waals surface area contributed by atoms with Crippen molar-refractivity contribution < 1.29 is 0 Å². The maximum absolute atomic E-state index is 4.54. The fourth-order valence-corrected chi connectivity index (χ4v) is 3.46. The minimum Gasteiger partial charge on any atom is -0.360 e. The van der Waals surface area contributed by atoms with E-state index >= 15 is 0 Å². The highest BCUT2D eigenvalue weighted by atomic mass is 32.2. The first-order valence-corrected chi connectivity index (χ1v) is 7.62. The maximum atomic E-state index is 4.54. The fraction of sp³-hybridized carbons (Fsp3) is 0.583. The van der Waals surface area contributed by atoms with Gasteiger partial charge in [-0.05, 0) is 29.3 Å². The lowest BCUT2D eigenvalue weighted by Gasteiger charge is -2.17. The molecule has 0 spiro atoms. The van der Waals surface area contributed by atoms with Crippen LogP contribution in [0.5, 0.6) is 0 Å². The van der Waals surface area contributed by atoms with Crippen LogP contribution in [0, 0.1) is 5.92 Å². The van der Waals surface area contributed by atoms with E-state index in [1.54, 1.807) is 0 Å². The Bertz CT molecular complexity index is 371. The number of aryl methyl sites for hydroxylation is 1. The number of hydrogen-bond donors (Lipinski definition) is 1. The molecule has 0 amide bonds. The van der Waals surface area contributed by atoms with Crippen LogP contribution in [-0.4, -0.2) is 17.5 Å². The number of rotatable bonds is 3. The Labute approximate surface area is 106 Å². The molecule has 2 nitrogen and oxygen atoms in total. The summed E-state index contributed by atoms with van der Waals surface area (Å²) in [7, 11) is 0. The third-order valence-electron chi connectivity index (χ3n) is 2.67. The first kappa shape index (κ1) is 12.0. The molecule has 88 valence electrons. The highest BCUT2D eigenvalue weighted by Crippen LogP contribution is 2.19. The zero-order valence-electron chi connectivity index (χ0n) is 9.82. The number of thiophene rings is 1. The van der Waals surface area contributed by atoms with Crippen molar-refractivity contribution in [2.75, 3.05) is 12.3 Å². The van der Waals surface area contributed by atoms with Crippen LogP contribution in [0.25, 0.3) is 0 Å². The molecule has 0 fully saturated rings. The largest absolute Gasteiger partial charge is 0.360 e. The normalized spacial score (nSPS) is 20.6. The van der Waals surface area contributed by atoms with E-state index < -0.39 is 0 Å². The number of aliphatic imine (C=N–C) groups is 1. The molecule has 1 aliphatic rings. The molecule has 1 aliphatic heterocycles. The van der Waals surface area contributed by atoms with Crippen LogP contribution >= 0.6 is 23.1 Å². The van der Waals surface area contributed by atoms with Crippen molar-refractivity contribution in [1.82, 2.24) is 5.32 Å². The van der Waals surface area contributed by atoms with Gasteiger partial charge in [0, 0.05) is 17.2 Å². The molecule has 0 aliphatic carbocycles. The van der Waals surface area contributed by atoms with Crippen LogP contribution in [0.1, 0.15) is 24.3 Å². The standard InChI is InChI=1S/C12H18N2S2/c1-3-10-4-5-15-11(10)7-14-12-13-6-9(2)8-16-12/h4-5,9H,3,6-8H2,1-2H3,(H,13,14). The first-order valence-electron chi connectivity index (χ1n) is 5.76. The molecule has 1 N–H and O–H groups in total. The summed E-state index contributed by atoms with van der Waals surface area (Å²) < 4.78 is 0. The van der Waals surface area contributed by atoms with Crippen LogP contribution in [-0.2, 0) is 13.0 Å². The summed E-state index contributed by atoms with van der Waals surface area (Å²) in [6, 6.07) is 2.22. The second kappa shape index (κ2) is 5.73. The third-order valence-corrected chi connectivity index (χ3v) is 4.92. The molecular weight excluding hydrogens is 236 g/mol. The Morgan fingerprint density at radius 1 is 1.56 bits per heavy atom. The Balaban J connectivity index is 1.88. The number of amidine groups is 1. The summed E-state index contributed by atoms with van der Waals surface area (Å²) in [4.78, 5) is 5.99. The molecule has 0 saturated heterocycles. The molecule has 0 bridgehead atoms. The summed E-state index contributed by atoms with van der Waals surface area (Å²) in [6.45, 7) is 6.36. The van der Waals surface area contributed by atoms with E-state index in [9.17, 15) is 0 Å². The van der Waals surface area contributed by atoms with Crippen molar-refractivity contribution in [3.63, 3.8) is 0 Å². The van der Waals surface area contributed by atoms with Crippen molar-refractivity contribution in [2.24, 2.45) is 10.9 Å². The van der Waals surface area contributed by atoms with Gasteiger partial charge in [-0.25, -0.2) is 0 Å². The summed E-state index contributed by atoms with van der Waals surface area (Å²) >= 11 is 3.69. The van der Waals surface area contributed by atoms with E-state index in [0.29, 0.717) is 0 Å². The molecule has 4 heteroatoms. The topological polar surface area (TPSA) is 24.4 Å². The predicted molar refractivity (Wildman–Crippen MR) is 74.5 cm³/mol. The highest BCUT2D eigenvalue weighted by molar-refractivity contribution is 8.13. The summed E-state index contributed by atoms with van der Waals surface area (Å²) in [5, 5.41) is 6.74. The second-order valence-corrected chi connectivity index (χ2v) is 6.15. The van der Waals surface area contributed by atoms with E-state index in [1.165, 1.54) is 16.2 Å². The summed E-state index contributed by atoms with van der Waals surface area (Å²) in [5.74, 6) is 1.92. The van der Waals surface area contributed by atoms with Gasteiger partial charge in [-0.15, -0.1) is 11.3 Å². The van der Waals surface area contributed by atoms with E-state index in [0.717, 1.165) is 30.6 Å². The van der Waals surface area contributed by atoms with E-state index in [2.05, 4.69) is 35.6 Å². The van der Waals surface area contributed by atoms with Gasteiger partial charge in [0.25, 0.3) is 0 Å². The summed E-state index contributed by atoms with van der Waals surface area (Å²) in [6.07, 6.45) is 1.12. The predicted octanol–water partition coefficient (Wildman–Crippen LogP) is 3.14. The van der Waals surface area contributed by atoms with Crippen LogP contribution in [0.3, 0.4) is 0 Å². The van der Waals surface area contributed by atoms with E-state index in [-0.39, 0.29) is 0 Å². The molecule has 1 aromatic rings. The average molecular weight is 254 g/mol. The molecule has 1 aromatic heterocycles. The lowest BCUT2D eigenvalue weighted by Crippen LogP contribution is -2.25. The van der Waals surface area contributed by atoms with Crippen molar-refractivity contribution in [3.05, 3.63) is 21.9 Å². The van der Waals surface area contributed by atoms with Gasteiger partial charge in [0.2, 0.25) is 0 Å². The third kappa shape index (κ3) is 3.01. The Morgan fingerprint density at radius 3 is 3.12 bits per heavy atom. The monoisotopic (exact) mass is 254 g/mol. The number of nitrogens with zero attached hydrogens (tertiary/aromatic N) is 1. The lowest BCUT2D eigenvalue weighted by molar-refractivity contribution is 0.669. The van der Waals surface area contributed by atoms with E-state index in [4.69, 9.17) is 0 Å². The van der Waals surface area contributed by atoms with Crippen LogP contribution < -0.4 is 5.32 Å². The lowest BCUT2D eigenvalue weighted by atomic mass is 10.2. The van der Waals surface area contributed by atoms with Crippen molar-refractivity contribution in [1.29, 1.82) is 0 Å². The SMILES string of the molecule is CCc1ccsc1CNC1=NCC(C)CS1. The van der Waals surface area contributed by atoms with Gasteiger partial charge in [-0.1, -0.05) is 25.6 Å². The second-order valence-electron chi connectivity index (χ2n) is 4.14. The molecule has 2 rings (SSSR count). The van der Waals surface area contributed by atoms with Crippen LogP contribution in [0.2, 0.25) is 0 Å². The van der Waals surface area contributed by atoms with Crippen molar-refractivity contribution >= 4 is 28.3 Å². The molecule has 1 atom stereocenters. The molecule has 0 saturated carbocycles. The smallest absolute Gasteiger partial charge is 0.156 e. The van der Waals surface area contributed by atoms with Gasteiger partial charge in [-0.2, -0.15) is 0 Å². The van der Waals surface area contributed by atoms with E-state index in [1.807, 2.05) is 23.1 Å². The minimum atomic E-state index is 0.725. The Kier molecular flexibility index (Phi) is 4.29. The van der Waals surface area contributed by atoms with Gasteiger partial charge in [0.05, 0.1) is 6.54 Å². The van der Waals surface area contributed by atoms with Crippen molar-refractivity contribution in [2.45, 2.75) is 26.8 Å². The van der Waals surface area contributed by atoms with Crippen molar-refractivity contribution in [3.8, 4) is 0 Å². The quantitative estimate of drug-likeness (QED) is 0.896. The number of hydrogen-bond acceptors (Lipinski definition) is 4. The highest BCUT2D eigenvalue weighted by Gasteiger charge is 2.12. The molecular formula is C12H18N2S2. The molecule has 2 heterocycles. The summed E-state index contributed by atoms with van der Waals surface area (Å²) in [5.41, 5.74) is 1.47. The van der Waals surface area contributed by atoms with Gasteiger partial charge in [0.1, 0.15) is 0 Å². The minimum absolute atomic E-state index is 0.725. The zero-order valence-corrected chi connectivity index (χ0v) is 11.5. The zero-order chi connectivity index (χ0) is 11.4. The Hall–Kier alpha value is -0.480. The fourth-order valence-electron chi connectivity index (χ4n) is 1.66. The van der Waals surface area contributed by atoms with Gasteiger partial charge in [0.15, 0.2) is 5.17 Å². The van der Waals surface area contributed by atoms with Crippen LogP contribution in [0.4, 0.5) is 0 Å². The van der Waals surface area contributed by atoms with Gasteiger partial charge in [-0.3, -0.25) is 4.99 Å². The van der Waals surface area contributed by atoms with Gasteiger partial charge < -0.3 is 5.32 Å². The maximum Gasteiger partial charge on any atom is 0.156 e. The number of nitrogens with one attached hydrogen (secondary N) is 1. The molecule has 16 heavy (non-hydrogen) atoms. The van der Waals surface area contributed by atoms with Crippen LogP contribution in [0.15, 0.2) is 16.4 Å². The molecule has 0 radical (unpaired) electrons. The van der Waals surface area contributed by atoms with Gasteiger partial charge >= 0.3 is 0 Å².